The number of hydrogen-bond acceptors (Lipinski definition) is 5. The number of anilines is 3. The molecular formula is C19H28N4O4. The lowest BCUT2D eigenvalue weighted by Gasteiger charge is -2.29. The summed E-state index contributed by atoms with van der Waals surface area (Å²) in [6, 6.07) is 5.15. The van der Waals surface area contributed by atoms with E-state index in [1.54, 1.807) is 11.5 Å². The second kappa shape index (κ2) is 9.91. The molecule has 8 heteroatoms. The highest BCUT2D eigenvalue weighted by atomic mass is 16.5. The van der Waals surface area contributed by atoms with E-state index in [4.69, 9.17) is 5.21 Å². The summed E-state index contributed by atoms with van der Waals surface area (Å²) >= 11 is 0. The number of benzene rings is 1. The van der Waals surface area contributed by atoms with Crippen molar-refractivity contribution in [3.05, 3.63) is 18.2 Å². The first-order valence-corrected chi connectivity index (χ1v) is 9.35. The van der Waals surface area contributed by atoms with Gasteiger partial charge in [-0.25, -0.2) is 5.48 Å². The van der Waals surface area contributed by atoms with Gasteiger partial charge in [-0.15, -0.1) is 0 Å². The van der Waals surface area contributed by atoms with Crippen molar-refractivity contribution in [1.82, 2.24) is 5.48 Å². The van der Waals surface area contributed by atoms with Crippen LogP contribution in [0.4, 0.5) is 17.1 Å². The van der Waals surface area contributed by atoms with Crippen molar-refractivity contribution in [2.24, 2.45) is 5.92 Å². The van der Waals surface area contributed by atoms with E-state index in [-0.39, 0.29) is 36.1 Å². The highest BCUT2D eigenvalue weighted by molar-refractivity contribution is 6.04. The molecule has 1 aromatic carbocycles. The fraction of sp³-hybridized carbons (Fsp3) is 0.526. The Morgan fingerprint density at radius 3 is 2.37 bits per heavy atom. The Balaban J connectivity index is 1.76. The van der Waals surface area contributed by atoms with Crippen LogP contribution in [0.3, 0.4) is 0 Å². The number of amides is 3. The lowest BCUT2D eigenvalue weighted by molar-refractivity contribution is -0.129. The maximum atomic E-state index is 12.1. The van der Waals surface area contributed by atoms with Gasteiger partial charge in [0.25, 0.3) is 0 Å². The van der Waals surface area contributed by atoms with E-state index in [1.165, 1.54) is 0 Å². The molecule has 0 aliphatic carbocycles. The molecule has 1 atom stereocenters. The van der Waals surface area contributed by atoms with Gasteiger partial charge in [-0.2, -0.15) is 0 Å². The highest BCUT2D eigenvalue weighted by Crippen LogP contribution is 2.31. The van der Waals surface area contributed by atoms with Gasteiger partial charge in [0.15, 0.2) is 0 Å². The SMILES string of the molecule is CC(C)[C@@H]1Nc2ccc(NC(=O)CCCCCCC(=O)NO)cc2NC1=O. The molecule has 8 nitrogen and oxygen atoms in total. The van der Waals surface area contributed by atoms with Crippen LogP contribution in [0.5, 0.6) is 0 Å². The second-order valence-electron chi connectivity index (χ2n) is 7.11. The summed E-state index contributed by atoms with van der Waals surface area (Å²) in [6.07, 6.45) is 3.76. The number of unbranched alkanes of at least 4 members (excludes halogenated alkanes) is 3. The Morgan fingerprint density at radius 1 is 1.07 bits per heavy atom. The molecule has 1 aromatic rings. The van der Waals surface area contributed by atoms with Crippen molar-refractivity contribution < 1.29 is 19.6 Å². The third-order valence-corrected chi connectivity index (χ3v) is 4.50. The molecule has 148 valence electrons. The lowest BCUT2D eigenvalue weighted by Crippen LogP contribution is -2.42. The number of hydrogen-bond donors (Lipinski definition) is 5. The van der Waals surface area contributed by atoms with Gasteiger partial charge in [0, 0.05) is 18.5 Å². The smallest absolute Gasteiger partial charge is 0.247 e. The van der Waals surface area contributed by atoms with E-state index in [1.807, 2.05) is 26.0 Å². The molecule has 27 heavy (non-hydrogen) atoms. The Labute approximate surface area is 159 Å². The van der Waals surface area contributed by atoms with E-state index in [0.717, 1.165) is 24.9 Å². The maximum Gasteiger partial charge on any atom is 0.247 e. The fourth-order valence-corrected chi connectivity index (χ4v) is 2.97. The third kappa shape index (κ3) is 6.25. The fourth-order valence-electron chi connectivity index (χ4n) is 2.97. The van der Waals surface area contributed by atoms with Crippen molar-refractivity contribution in [2.45, 2.75) is 58.4 Å². The molecule has 2 rings (SSSR count). The Bertz CT molecular complexity index is 690. The van der Waals surface area contributed by atoms with E-state index < -0.39 is 0 Å². The molecule has 0 radical (unpaired) electrons. The molecule has 0 spiro atoms. The molecule has 0 saturated heterocycles. The zero-order chi connectivity index (χ0) is 19.8. The third-order valence-electron chi connectivity index (χ3n) is 4.50. The number of hydroxylamine groups is 1. The molecule has 1 aliphatic heterocycles. The zero-order valence-corrected chi connectivity index (χ0v) is 15.8. The van der Waals surface area contributed by atoms with Gasteiger partial charge in [0.2, 0.25) is 17.7 Å². The number of carbonyl (C=O) groups is 3. The molecule has 0 aromatic heterocycles. The number of carbonyl (C=O) groups excluding carboxylic acids is 3. The predicted octanol–water partition coefficient (Wildman–Crippen LogP) is 2.86. The monoisotopic (exact) mass is 376 g/mol. The summed E-state index contributed by atoms with van der Waals surface area (Å²) in [7, 11) is 0. The van der Waals surface area contributed by atoms with Gasteiger partial charge in [0.1, 0.15) is 6.04 Å². The van der Waals surface area contributed by atoms with Crippen molar-refractivity contribution in [3.8, 4) is 0 Å². The van der Waals surface area contributed by atoms with Gasteiger partial charge in [-0.05, 0) is 37.0 Å². The Morgan fingerprint density at radius 2 is 1.74 bits per heavy atom. The first-order valence-electron chi connectivity index (χ1n) is 9.35. The van der Waals surface area contributed by atoms with E-state index in [2.05, 4.69) is 16.0 Å². The minimum Gasteiger partial charge on any atom is -0.372 e. The van der Waals surface area contributed by atoms with Crippen LogP contribution in [0.2, 0.25) is 0 Å². The van der Waals surface area contributed by atoms with Gasteiger partial charge in [-0.1, -0.05) is 26.7 Å². The van der Waals surface area contributed by atoms with Crippen LogP contribution in [0.25, 0.3) is 0 Å². The summed E-state index contributed by atoms with van der Waals surface area (Å²) in [5, 5.41) is 17.3. The average Bonchev–Trinajstić information content (AvgIpc) is 2.63. The molecule has 3 amide bonds. The lowest BCUT2D eigenvalue weighted by atomic mass is 10.0. The van der Waals surface area contributed by atoms with Crippen molar-refractivity contribution in [3.63, 3.8) is 0 Å². The first-order chi connectivity index (χ1) is 12.9. The number of rotatable bonds is 9. The molecule has 1 aliphatic rings. The molecule has 0 fully saturated rings. The minimum absolute atomic E-state index is 0.0733. The quantitative estimate of drug-likeness (QED) is 0.258. The van der Waals surface area contributed by atoms with Gasteiger partial charge in [-0.3, -0.25) is 19.6 Å². The molecule has 5 N–H and O–H groups in total. The predicted molar refractivity (Wildman–Crippen MR) is 104 cm³/mol. The topological polar surface area (TPSA) is 120 Å². The standard InChI is InChI=1S/C19H28N4O4/c1-12(2)18-19(26)22-15-11-13(9-10-14(15)21-18)20-16(24)7-5-3-4-6-8-17(25)23-27/h9-12,18,21,27H,3-8H2,1-2H3,(H,20,24)(H,22,26)(H,23,25)/t18-/m0/s1. The number of fused-ring (bicyclic) bond motifs is 1. The van der Waals surface area contributed by atoms with Crippen LogP contribution in [0, 0.1) is 5.92 Å². The minimum atomic E-state index is -0.388. The van der Waals surface area contributed by atoms with Crippen molar-refractivity contribution in [2.75, 3.05) is 16.0 Å². The summed E-state index contributed by atoms with van der Waals surface area (Å²) in [5.41, 5.74) is 3.75. The van der Waals surface area contributed by atoms with Gasteiger partial charge < -0.3 is 16.0 Å². The van der Waals surface area contributed by atoms with Gasteiger partial charge in [0.05, 0.1) is 11.4 Å². The second-order valence-corrected chi connectivity index (χ2v) is 7.11. The van der Waals surface area contributed by atoms with Crippen LogP contribution < -0.4 is 21.4 Å². The summed E-state index contributed by atoms with van der Waals surface area (Å²) in [6.45, 7) is 3.97. The molecule has 0 unspecified atom stereocenters. The summed E-state index contributed by atoms with van der Waals surface area (Å²) in [5.74, 6) is -0.369. The first kappa shape index (κ1) is 20.7. The van der Waals surface area contributed by atoms with Crippen LogP contribution in [-0.2, 0) is 14.4 Å². The summed E-state index contributed by atoms with van der Waals surface area (Å²) in [4.78, 5) is 35.1. The zero-order valence-electron chi connectivity index (χ0n) is 15.8. The van der Waals surface area contributed by atoms with E-state index >= 15 is 0 Å². The molecular weight excluding hydrogens is 348 g/mol. The van der Waals surface area contributed by atoms with E-state index in [9.17, 15) is 14.4 Å². The van der Waals surface area contributed by atoms with Crippen LogP contribution in [-0.4, -0.2) is 29.0 Å². The van der Waals surface area contributed by atoms with Crippen LogP contribution in [0.15, 0.2) is 18.2 Å². The maximum absolute atomic E-state index is 12.1. The van der Waals surface area contributed by atoms with E-state index in [0.29, 0.717) is 24.2 Å². The number of nitrogens with one attached hydrogen (secondary N) is 4. The highest BCUT2D eigenvalue weighted by Gasteiger charge is 2.27. The van der Waals surface area contributed by atoms with Gasteiger partial charge >= 0.3 is 0 Å². The Kier molecular flexibility index (Phi) is 7.60. The van der Waals surface area contributed by atoms with Crippen molar-refractivity contribution in [1.29, 1.82) is 0 Å². The van der Waals surface area contributed by atoms with Crippen LogP contribution in [0.1, 0.15) is 52.4 Å². The van der Waals surface area contributed by atoms with Crippen molar-refractivity contribution >= 4 is 34.8 Å². The molecule has 0 saturated carbocycles. The Hall–Kier alpha value is -2.61. The summed E-state index contributed by atoms with van der Waals surface area (Å²) < 4.78 is 0. The largest absolute Gasteiger partial charge is 0.372 e. The molecule has 1 heterocycles. The normalized spacial score (nSPS) is 15.6. The van der Waals surface area contributed by atoms with Crippen LogP contribution >= 0.6 is 0 Å². The molecule has 0 bridgehead atoms. The average molecular weight is 376 g/mol.